The van der Waals surface area contributed by atoms with Gasteiger partial charge in [0.15, 0.2) is 28.5 Å². The second-order valence-electron chi connectivity index (χ2n) is 16.1. The smallest absolute Gasteiger partial charge is 0.333 e. The van der Waals surface area contributed by atoms with Crippen LogP contribution in [0.3, 0.4) is 0 Å². The number of aromatic amines is 1. The number of carbonyl (C=O) groups is 1. The number of H-pyrrole nitrogens is 1. The summed E-state index contributed by atoms with van der Waals surface area (Å²) in [7, 11) is 1.60. The van der Waals surface area contributed by atoms with Crippen molar-refractivity contribution < 1.29 is 34.0 Å². The number of hydrogen-bond acceptors (Lipinski definition) is 12. The molecule has 13 heteroatoms. The molecular weight excluding hydrogens is 719 g/mol. The van der Waals surface area contributed by atoms with Gasteiger partial charge in [0.2, 0.25) is 6.79 Å². The molecule has 11 rings (SSSR count). The van der Waals surface area contributed by atoms with E-state index in [1.54, 1.807) is 18.9 Å². The number of carbonyl (C=O) groups excluding carboxylic acids is 1. The first kappa shape index (κ1) is 35.4. The van der Waals surface area contributed by atoms with Crippen molar-refractivity contribution in [3.8, 4) is 23.0 Å². The van der Waals surface area contributed by atoms with Gasteiger partial charge in [-0.05, 0) is 79.6 Å². The number of nitrogens with one attached hydrogen (secondary N) is 2. The Bertz CT molecular complexity index is 2260. The highest BCUT2D eigenvalue weighted by molar-refractivity contribution is 7.99. The number of para-hydroxylation sites is 1. The van der Waals surface area contributed by atoms with Crippen LogP contribution in [0.1, 0.15) is 80.9 Å². The zero-order valence-electron chi connectivity index (χ0n) is 31.9. The Morgan fingerprint density at radius 1 is 1.07 bits per heavy atom. The fraction of sp³-hybridized carbons (Fsp3) is 0.500. The van der Waals surface area contributed by atoms with Gasteiger partial charge in [0.1, 0.15) is 6.23 Å². The van der Waals surface area contributed by atoms with Crippen molar-refractivity contribution in [2.75, 3.05) is 39.4 Å². The number of aliphatic hydroxyl groups is 1. The van der Waals surface area contributed by atoms with Crippen molar-refractivity contribution in [2.45, 2.75) is 94.2 Å². The summed E-state index contributed by atoms with van der Waals surface area (Å²) in [6.07, 6.45) is 0.802. The van der Waals surface area contributed by atoms with E-state index in [9.17, 15) is 15.0 Å². The third-order valence-electron chi connectivity index (χ3n) is 13.6. The number of phenolic OH excluding ortho intramolecular Hbond substituents is 1. The Labute approximate surface area is 324 Å². The number of aromatic nitrogens is 1. The van der Waals surface area contributed by atoms with E-state index >= 15 is 0 Å². The molecule has 0 saturated carbocycles. The van der Waals surface area contributed by atoms with Gasteiger partial charge >= 0.3 is 5.97 Å². The number of thioether (sulfide) groups is 1. The molecule has 55 heavy (non-hydrogen) atoms. The van der Waals surface area contributed by atoms with E-state index in [2.05, 4.69) is 59.1 Å². The summed E-state index contributed by atoms with van der Waals surface area (Å²) in [6, 6.07) is 8.91. The van der Waals surface area contributed by atoms with E-state index in [-0.39, 0.29) is 60.6 Å². The minimum absolute atomic E-state index is 0.115. The number of likely N-dealkylation sites (N-methyl/N-ethyl adjacent to an activating group) is 1. The largest absolute Gasteiger partial charge is 0.504 e. The number of aryl methyl sites for hydroxylation is 1. The van der Waals surface area contributed by atoms with Crippen LogP contribution < -0.4 is 25.3 Å². The number of aromatic hydroxyl groups is 1. The lowest BCUT2D eigenvalue weighted by atomic mass is 9.71. The van der Waals surface area contributed by atoms with Gasteiger partial charge in [-0.3, -0.25) is 15.1 Å². The molecule has 1 aromatic heterocycles. The zero-order chi connectivity index (χ0) is 38.1. The molecule has 2 fully saturated rings. The Balaban J connectivity index is 1.23. The standard InChI is InChI=1S/C42H49N5O7S/c1-6-46-28-14-22-13-19(2)35(51-5)34(48)30(22)32(46)33-38-29-20(3)21(4)36-37(54-18-53-36)31(29)27(47(33)40(28)49)11-12-52-41(50)42(17-55-38)39-25(15-23(16-43)45-42)24-9-7-8-10-26(24)44-39/h7-10,13,23,27-28,32-33,38,40,44-45,48-49H,6,11-12,14-18,43H2,1-5H3/t23-,27+,28+,32-,33-,38-,40+,42-/m1/s1. The molecular formula is C42H49N5O7S. The molecule has 0 aliphatic carbocycles. The number of methoxy groups -OCH3 is 1. The molecule has 8 atom stereocenters. The highest BCUT2D eigenvalue weighted by Crippen LogP contribution is 2.63. The van der Waals surface area contributed by atoms with E-state index < -0.39 is 11.8 Å². The van der Waals surface area contributed by atoms with E-state index in [0.717, 1.165) is 66.9 Å². The quantitative estimate of drug-likeness (QED) is 0.184. The summed E-state index contributed by atoms with van der Waals surface area (Å²) in [5.41, 5.74) is 15.0. The molecule has 0 radical (unpaired) electrons. The van der Waals surface area contributed by atoms with Gasteiger partial charge < -0.3 is 39.9 Å². The predicted octanol–water partition coefficient (Wildman–Crippen LogP) is 4.67. The molecule has 4 bridgehead atoms. The van der Waals surface area contributed by atoms with Crippen LogP contribution in [-0.4, -0.2) is 94.7 Å². The molecule has 4 aromatic rings. The van der Waals surface area contributed by atoms with E-state index in [0.29, 0.717) is 49.6 Å². The Kier molecular flexibility index (Phi) is 8.23. The number of fused-ring (bicyclic) bond motifs is 12. The lowest BCUT2D eigenvalue weighted by molar-refractivity contribution is -0.181. The maximum Gasteiger partial charge on any atom is 0.333 e. The second-order valence-corrected chi connectivity index (χ2v) is 17.2. The summed E-state index contributed by atoms with van der Waals surface area (Å²) < 4.78 is 24.7. The number of aliphatic hydroxyl groups excluding tert-OH is 1. The third kappa shape index (κ3) is 4.74. The third-order valence-corrected chi connectivity index (χ3v) is 15.1. The Hall–Kier alpha value is -3.98. The summed E-state index contributed by atoms with van der Waals surface area (Å²) in [6.45, 7) is 9.58. The van der Waals surface area contributed by atoms with Crippen molar-refractivity contribution in [3.63, 3.8) is 0 Å². The van der Waals surface area contributed by atoms with Crippen molar-refractivity contribution in [1.29, 1.82) is 0 Å². The number of rotatable bonds is 3. The fourth-order valence-corrected chi connectivity index (χ4v) is 12.9. The van der Waals surface area contributed by atoms with Crippen LogP contribution in [0.15, 0.2) is 30.3 Å². The van der Waals surface area contributed by atoms with Gasteiger partial charge in [0.25, 0.3) is 0 Å². The van der Waals surface area contributed by atoms with Crippen molar-refractivity contribution in [2.24, 2.45) is 5.73 Å². The Morgan fingerprint density at radius 2 is 1.87 bits per heavy atom. The minimum Gasteiger partial charge on any atom is -0.504 e. The molecule has 0 amide bonds. The maximum absolute atomic E-state index is 14.9. The molecule has 1 spiro atoms. The van der Waals surface area contributed by atoms with Gasteiger partial charge in [-0.15, -0.1) is 11.8 Å². The predicted molar refractivity (Wildman–Crippen MR) is 209 cm³/mol. The van der Waals surface area contributed by atoms with E-state index in [4.69, 9.17) is 24.7 Å². The van der Waals surface area contributed by atoms with Gasteiger partial charge in [-0.25, -0.2) is 4.79 Å². The molecule has 7 aliphatic rings. The zero-order valence-corrected chi connectivity index (χ0v) is 32.7. The first-order valence-electron chi connectivity index (χ1n) is 19.5. The molecule has 0 unspecified atom stereocenters. The van der Waals surface area contributed by atoms with Gasteiger partial charge in [-0.1, -0.05) is 31.2 Å². The second kappa shape index (κ2) is 12.8. The summed E-state index contributed by atoms with van der Waals surface area (Å²) in [4.78, 5) is 23.2. The maximum atomic E-state index is 14.9. The number of phenols is 1. The normalized spacial score (nSPS) is 31.0. The van der Waals surface area contributed by atoms with E-state index in [1.165, 1.54) is 0 Å². The van der Waals surface area contributed by atoms with Gasteiger partial charge in [-0.2, -0.15) is 0 Å². The van der Waals surface area contributed by atoms with Crippen LogP contribution >= 0.6 is 11.8 Å². The van der Waals surface area contributed by atoms with Crippen LogP contribution in [0.2, 0.25) is 0 Å². The molecule has 7 aliphatic heterocycles. The van der Waals surface area contributed by atoms with E-state index in [1.807, 2.05) is 19.1 Å². The van der Waals surface area contributed by atoms with Crippen molar-refractivity contribution >= 4 is 28.6 Å². The molecule has 6 N–H and O–H groups in total. The van der Waals surface area contributed by atoms with Crippen LogP contribution in [0.4, 0.5) is 0 Å². The molecule has 2 saturated heterocycles. The van der Waals surface area contributed by atoms with Crippen molar-refractivity contribution in [3.05, 3.63) is 80.5 Å². The highest BCUT2D eigenvalue weighted by atomic mass is 32.2. The van der Waals surface area contributed by atoms with Crippen LogP contribution in [0, 0.1) is 20.8 Å². The lowest BCUT2D eigenvalue weighted by Crippen LogP contribution is -2.70. The number of esters is 1. The topological polar surface area (TPSA) is 155 Å². The van der Waals surface area contributed by atoms with Crippen LogP contribution in [0.25, 0.3) is 10.9 Å². The number of hydrogen-bond donors (Lipinski definition) is 5. The Morgan fingerprint density at radius 3 is 2.65 bits per heavy atom. The first-order valence-corrected chi connectivity index (χ1v) is 20.6. The number of nitrogens with two attached hydrogens (primary N) is 1. The fourth-order valence-electron chi connectivity index (χ4n) is 11.2. The number of piperazine rings is 1. The van der Waals surface area contributed by atoms with Crippen molar-refractivity contribution in [1.82, 2.24) is 20.1 Å². The highest BCUT2D eigenvalue weighted by Gasteiger charge is 2.61. The molecule has 12 nitrogen and oxygen atoms in total. The van der Waals surface area contributed by atoms with Gasteiger partial charge in [0, 0.05) is 64.1 Å². The SMILES string of the molecule is CCN1[C@@H]2c3c(cc(C)c(OC)c3O)C[C@H]1[C@H](O)N1[C@H]2[C@@H]2SC[C@]3(N[C@@H](CN)Cc4c3[nH]c3ccccc43)C(=O)OCC[C@H]1c1c3c(c(C)c(C)c12)OCO3. The molecule has 8 heterocycles. The number of ether oxygens (including phenoxy) is 4. The average molecular weight is 768 g/mol. The monoisotopic (exact) mass is 767 g/mol. The summed E-state index contributed by atoms with van der Waals surface area (Å²) in [5.74, 6) is 2.05. The molecule has 3 aromatic carbocycles. The minimum atomic E-state index is -1.23. The lowest BCUT2D eigenvalue weighted by Gasteiger charge is -2.62. The molecule has 290 valence electrons. The summed E-state index contributed by atoms with van der Waals surface area (Å²) >= 11 is 1.70. The number of benzene rings is 3. The average Bonchev–Trinajstić information content (AvgIpc) is 3.82. The number of nitrogens with zero attached hydrogens (tertiary/aromatic N) is 2. The summed E-state index contributed by atoms with van der Waals surface area (Å²) in [5, 5.41) is 29.5. The first-order chi connectivity index (χ1) is 26.6. The van der Waals surface area contributed by atoms with Crippen LogP contribution in [-0.2, 0) is 27.9 Å². The van der Waals surface area contributed by atoms with Gasteiger partial charge in [0.05, 0.1) is 31.5 Å². The van der Waals surface area contributed by atoms with Crippen LogP contribution in [0.5, 0.6) is 23.0 Å².